The van der Waals surface area contributed by atoms with Gasteiger partial charge in [0.15, 0.2) is 0 Å². The van der Waals surface area contributed by atoms with Crippen LogP contribution < -0.4 is 9.80 Å². The molecule has 13 rings (SSSR count). The van der Waals surface area contributed by atoms with Gasteiger partial charge in [-0.3, -0.25) is 0 Å². The molecule has 0 aliphatic heterocycles. The Labute approximate surface area is 386 Å². The van der Waals surface area contributed by atoms with Gasteiger partial charge in [0.05, 0.1) is 0 Å². The van der Waals surface area contributed by atoms with Crippen LogP contribution >= 0.6 is 0 Å². The summed E-state index contributed by atoms with van der Waals surface area (Å²) in [5.41, 5.74) is 17.2. The van der Waals surface area contributed by atoms with Crippen molar-refractivity contribution in [3.05, 3.63) is 241 Å². The fourth-order valence-electron chi connectivity index (χ4n) is 11.7. The molecule has 2 aliphatic rings. The van der Waals surface area contributed by atoms with Crippen LogP contribution in [-0.4, -0.2) is 0 Å². The number of hydrogen-bond acceptors (Lipinski definition) is 2. The van der Waals surface area contributed by atoms with Gasteiger partial charge in [0.1, 0.15) is 0 Å². The molecule has 0 N–H and O–H groups in total. The second-order valence-corrected chi connectivity index (χ2v) is 19.3. The van der Waals surface area contributed by atoms with Gasteiger partial charge in [-0.05, 0) is 173 Å². The highest BCUT2D eigenvalue weighted by Gasteiger charge is 2.35. The molecule has 0 unspecified atom stereocenters. The van der Waals surface area contributed by atoms with Gasteiger partial charge in [0.25, 0.3) is 0 Å². The van der Waals surface area contributed by atoms with Crippen molar-refractivity contribution in [2.75, 3.05) is 9.80 Å². The second kappa shape index (κ2) is 14.3. The molecule has 0 spiro atoms. The third-order valence-corrected chi connectivity index (χ3v) is 15.0. The van der Waals surface area contributed by atoms with E-state index < -0.39 is 0 Å². The van der Waals surface area contributed by atoms with Crippen molar-refractivity contribution in [1.29, 1.82) is 0 Å². The van der Waals surface area contributed by atoms with Crippen LogP contribution in [0.2, 0.25) is 0 Å². The molecule has 0 saturated carbocycles. The van der Waals surface area contributed by atoms with Gasteiger partial charge in [-0.15, -0.1) is 0 Å². The molecule has 0 atom stereocenters. The molecule has 2 heteroatoms. The smallest absolute Gasteiger partial charge is 0.0463 e. The Bertz CT molecular complexity index is 3470. The summed E-state index contributed by atoms with van der Waals surface area (Å²) in [7, 11) is 0. The zero-order valence-electron chi connectivity index (χ0n) is 37.7. The molecule has 0 amide bonds. The van der Waals surface area contributed by atoms with E-state index in [0.717, 1.165) is 34.1 Å². The lowest BCUT2D eigenvalue weighted by atomic mass is 9.82. The average Bonchev–Trinajstić information content (AvgIpc) is 3.75. The predicted octanol–water partition coefficient (Wildman–Crippen LogP) is 17.9. The van der Waals surface area contributed by atoms with E-state index in [2.05, 4.69) is 256 Å². The third-order valence-electron chi connectivity index (χ3n) is 15.0. The zero-order valence-corrected chi connectivity index (χ0v) is 37.7. The summed E-state index contributed by atoms with van der Waals surface area (Å²) in [6.45, 7) is 9.46. The Morgan fingerprint density at radius 3 is 0.939 bits per heavy atom. The molecule has 0 radical (unpaired) electrons. The molecular weight excluding hydrogens is 797 g/mol. The van der Waals surface area contributed by atoms with E-state index in [1.807, 2.05) is 0 Å². The normalized spacial score (nSPS) is 14.0. The van der Waals surface area contributed by atoms with Gasteiger partial charge in [-0.2, -0.15) is 0 Å². The highest BCUT2D eigenvalue weighted by Crippen LogP contribution is 2.53. The van der Waals surface area contributed by atoms with Gasteiger partial charge in [-0.1, -0.05) is 161 Å². The van der Waals surface area contributed by atoms with Crippen LogP contribution in [0.5, 0.6) is 0 Å². The van der Waals surface area contributed by atoms with Gasteiger partial charge in [-0.25, -0.2) is 0 Å². The van der Waals surface area contributed by atoms with Crippen molar-refractivity contribution in [3.8, 4) is 22.3 Å². The number of rotatable bonds is 8. The maximum Gasteiger partial charge on any atom is 0.0463 e. The first-order valence-electron chi connectivity index (χ1n) is 23.3. The molecule has 314 valence electrons. The van der Waals surface area contributed by atoms with Crippen LogP contribution in [0, 0.1) is 0 Å². The molecule has 11 aromatic rings. The lowest BCUT2D eigenvalue weighted by molar-refractivity contribution is 0.662. The lowest BCUT2D eigenvalue weighted by Crippen LogP contribution is -2.14. The van der Waals surface area contributed by atoms with Crippen LogP contribution in [0.1, 0.15) is 49.9 Å². The minimum atomic E-state index is -0.0225. The molecule has 0 saturated heterocycles. The van der Waals surface area contributed by atoms with Crippen LogP contribution in [0.15, 0.2) is 218 Å². The SMILES string of the molecule is CC1(C)c2cccc3cc(-c4ccc(N(c5ccccc5)c5ccc(N(c6ccccc6)c6ccc(-c7cc8cccc9c8c8c(cccc78)C9(C)C)cc6)cc5)cc4)c4cccc1c4c23. The van der Waals surface area contributed by atoms with Crippen molar-refractivity contribution < 1.29 is 0 Å². The standard InChI is InChI=1S/C64H48N2/c1-63(2)55-23-11-15-43-39-53(51-21-13-25-57(63)61(51)59(43)55)41-27-31-47(32-28-41)65(45-17-7-5-8-18-45)49-35-37-50(38-36-49)66(46-19-9-6-10-20-46)48-33-29-42(30-34-48)54-40-44-16-12-24-56-60(44)62-52(54)22-14-26-58(62)64(56,3)4/h5-40H,1-4H3. The number of para-hydroxylation sites is 2. The van der Waals surface area contributed by atoms with Gasteiger partial charge in [0.2, 0.25) is 0 Å². The van der Waals surface area contributed by atoms with Crippen LogP contribution in [0.3, 0.4) is 0 Å². The van der Waals surface area contributed by atoms with Crippen molar-refractivity contribution in [3.63, 3.8) is 0 Å². The van der Waals surface area contributed by atoms with E-state index in [0.29, 0.717) is 0 Å². The monoisotopic (exact) mass is 844 g/mol. The Kier molecular flexibility index (Phi) is 8.33. The molecule has 66 heavy (non-hydrogen) atoms. The van der Waals surface area contributed by atoms with Crippen molar-refractivity contribution in [1.82, 2.24) is 0 Å². The summed E-state index contributed by atoms with van der Waals surface area (Å²) < 4.78 is 0. The fourth-order valence-corrected chi connectivity index (χ4v) is 11.7. The van der Waals surface area contributed by atoms with E-state index in [1.165, 1.54) is 87.6 Å². The molecule has 0 fully saturated rings. The van der Waals surface area contributed by atoms with E-state index in [1.54, 1.807) is 0 Å². The Morgan fingerprint density at radius 2 is 0.576 bits per heavy atom. The maximum atomic E-state index is 2.40. The molecule has 2 nitrogen and oxygen atoms in total. The van der Waals surface area contributed by atoms with Gasteiger partial charge < -0.3 is 9.80 Å². The van der Waals surface area contributed by atoms with Crippen LogP contribution in [0.25, 0.3) is 65.3 Å². The Morgan fingerprint density at radius 1 is 0.273 bits per heavy atom. The summed E-state index contributed by atoms with van der Waals surface area (Å²) >= 11 is 0. The topological polar surface area (TPSA) is 6.48 Å². The van der Waals surface area contributed by atoms with E-state index in [4.69, 9.17) is 0 Å². The van der Waals surface area contributed by atoms with Crippen LogP contribution in [-0.2, 0) is 10.8 Å². The highest BCUT2D eigenvalue weighted by molar-refractivity contribution is 6.20. The first-order valence-corrected chi connectivity index (χ1v) is 23.3. The van der Waals surface area contributed by atoms with Gasteiger partial charge >= 0.3 is 0 Å². The minimum Gasteiger partial charge on any atom is -0.311 e. The van der Waals surface area contributed by atoms with Gasteiger partial charge in [0, 0.05) is 45.0 Å². The molecular formula is C64H48N2. The van der Waals surface area contributed by atoms with Crippen molar-refractivity contribution in [2.24, 2.45) is 0 Å². The third kappa shape index (κ3) is 5.61. The number of nitrogens with zero attached hydrogens (tertiary/aromatic N) is 2. The summed E-state index contributed by atoms with van der Waals surface area (Å²) in [4.78, 5) is 4.71. The summed E-state index contributed by atoms with van der Waals surface area (Å²) in [5.74, 6) is 0. The molecule has 0 aromatic heterocycles. The van der Waals surface area contributed by atoms with Crippen molar-refractivity contribution in [2.45, 2.75) is 38.5 Å². The first-order chi connectivity index (χ1) is 32.3. The predicted molar refractivity (Wildman–Crippen MR) is 281 cm³/mol. The fraction of sp³-hybridized carbons (Fsp3) is 0.0938. The number of anilines is 6. The van der Waals surface area contributed by atoms with E-state index in [9.17, 15) is 0 Å². The molecule has 11 aromatic carbocycles. The zero-order chi connectivity index (χ0) is 44.3. The van der Waals surface area contributed by atoms with E-state index >= 15 is 0 Å². The summed E-state index contributed by atoms with van der Waals surface area (Å²) in [6.07, 6.45) is 0. The minimum absolute atomic E-state index is 0.0225. The largest absolute Gasteiger partial charge is 0.311 e. The molecule has 2 aliphatic carbocycles. The second-order valence-electron chi connectivity index (χ2n) is 19.3. The quantitative estimate of drug-likeness (QED) is 0.141. The van der Waals surface area contributed by atoms with Crippen molar-refractivity contribution >= 4 is 77.2 Å². The Hall–Kier alpha value is -7.94. The molecule has 0 bridgehead atoms. The summed E-state index contributed by atoms with van der Waals surface area (Å²) in [5, 5.41) is 10.9. The average molecular weight is 845 g/mol. The maximum absolute atomic E-state index is 2.40. The first kappa shape index (κ1) is 38.5. The highest BCUT2D eigenvalue weighted by atomic mass is 15.2. The van der Waals surface area contributed by atoms with E-state index in [-0.39, 0.29) is 10.8 Å². The molecule has 0 heterocycles. The number of hydrogen-bond donors (Lipinski definition) is 0. The van der Waals surface area contributed by atoms with Crippen LogP contribution in [0.4, 0.5) is 34.1 Å². The summed E-state index contributed by atoms with van der Waals surface area (Å²) in [6, 6.07) is 80.9. The Balaban J connectivity index is 0.866. The number of benzene rings is 11. The lowest BCUT2D eigenvalue weighted by Gasteiger charge is -2.28.